The van der Waals surface area contributed by atoms with E-state index in [2.05, 4.69) is 4.98 Å². The van der Waals surface area contributed by atoms with Crippen molar-refractivity contribution in [3.05, 3.63) is 72.3 Å². The maximum Gasteiger partial charge on any atom is 0.165 e. The Bertz CT molecular complexity index is 1100. The van der Waals surface area contributed by atoms with E-state index < -0.39 is 23.1 Å². The lowest BCUT2D eigenvalue weighted by molar-refractivity contribution is 0.432. The summed E-state index contributed by atoms with van der Waals surface area (Å²) < 4.78 is 27.7. The number of fused-ring (bicyclic) bond motifs is 1. The standard InChI is InChI=1S/C20H13F2NO2/c21-14-9-11(5-7-17(14)24)19-13-3-1-2-4-16(13)23-20(19)12-6-8-18(25)15(22)10-12/h1-10,23-25H. The summed E-state index contributed by atoms with van der Waals surface area (Å²) in [6.45, 7) is 0. The molecular formula is C20H13F2NO2. The topological polar surface area (TPSA) is 56.2 Å². The highest BCUT2D eigenvalue weighted by Gasteiger charge is 2.17. The van der Waals surface area contributed by atoms with Crippen molar-refractivity contribution in [3.8, 4) is 33.9 Å². The van der Waals surface area contributed by atoms with Gasteiger partial charge in [0.05, 0.1) is 5.69 Å². The molecule has 0 bridgehead atoms. The zero-order valence-corrected chi connectivity index (χ0v) is 12.9. The molecule has 0 saturated heterocycles. The minimum atomic E-state index is -0.737. The van der Waals surface area contributed by atoms with Crippen LogP contribution in [0.15, 0.2) is 60.7 Å². The molecule has 0 spiro atoms. The maximum absolute atomic E-state index is 13.9. The highest BCUT2D eigenvalue weighted by molar-refractivity contribution is 6.03. The van der Waals surface area contributed by atoms with Crippen LogP contribution in [0.3, 0.4) is 0 Å². The summed E-state index contributed by atoms with van der Waals surface area (Å²) in [5.41, 5.74) is 3.19. The number of phenols is 2. The molecule has 0 radical (unpaired) electrons. The van der Waals surface area contributed by atoms with E-state index >= 15 is 0 Å². The number of para-hydroxylation sites is 1. The average molecular weight is 337 g/mol. The molecule has 124 valence electrons. The van der Waals surface area contributed by atoms with Crippen LogP contribution in [0.5, 0.6) is 11.5 Å². The van der Waals surface area contributed by atoms with Gasteiger partial charge in [-0.05, 0) is 42.0 Å². The van der Waals surface area contributed by atoms with Crippen LogP contribution in [-0.2, 0) is 0 Å². The van der Waals surface area contributed by atoms with Crippen molar-refractivity contribution in [2.45, 2.75) is 0 Å². The third-order valence-corrected chi connectivity index (χ3v) is 4.18. The number of nitrogens with one attached hydrogen (secondary N) is 1. The summed E-state index contributed by atoms with van der Waals surface area (Å²) in [4.78, 5) is 3.23. The van der Waals surface area contributed by atoms with E-state index in [-0.39, 0.29) is 0 Å². The molecule has 5 heteroatoms. The van der Waals surface area contributed by atoms with Crippen molar-refractivity contribution in [1.29, 1.82) is 0 Å². The molecule has 25 heavy (non-hydrogen) atoms. The summed E-state index contributed by atoms with van der Waals surface area (Å²) in [6, 6.07) is 15.7. The fourth-order valence-corrected chi connectivity index (χ4v) is 2.98. The summed E-state index contributed by atoms with van der Waals surface area (Å²) in [5, 5.41) is 19.7. The number of phenolic OH excluding ortho intramolecular Hbond substituents is 2. The summed E-state index contributed by atoms with van der Waals surface area (Å²) in [7, 11) is 0. The molecule has 3 nitrogen and oxygen atoms in total. The second-order valence-electron chi connectivity index (χ2n) is 5.75. The van der Waals surface area contributed by atoms with Crippen LogP contribution >= 0.6 is 0 Å². The van der Waals surface area contributed by atoms with Gasteiger partial charge >= 0.3 is 0 Å². The maximum atomic E-state index is 13.9. The Morgan fingerprint density at radius 2 is 1.32 bits per heavy atom. The van der Waals surface area contributed by atoms with Crippen LogP contribution in [0.4, 0.5) is 8.78 Å². The first-order chi connectivity index (χ1) is 12.0. The Kier molecular flexibility index (Phi) is 3.42. The number of aromatic amines is 1. The van der Waals surface area contributed by atoms with Gasteiger partial charge in [0, 0.05) is 22.0 Å². The first-order valence-corrected chi connectivity index (χ1v) is 7.63. The van der Waals surface area contributed by atoms with Gasteiger partial charge in [0.1, 0.15) is 0 Å². The van der Waals surface area contributed by atoms with E-state index in [1.807, 2.05) is 24.3 Å². The van der Waals surface area contributed by atoms with E-state index in [0.29, 0.717) is 22.4 Å². The molecule has 3 N–H and O–H groups in total. The summed E-state index contributed by atoms with van der Waals surface area (Å²) in [6.07, 6.45) is 0. The SMILES string of the molecule is Oc1ccc(-c2[nH]c3ccccc3c2-c2ccc(O)c(F)c2)cc1F. The predicted octanol–water partition coefficient (Wildman–Crippen LogP) is 5.19. The van der Waals surface area contributed by atoms with E-state index in [1.54, 1.807) is 12.1 Å². The lowest BCUT2D eigenvalue weighted by Gasteiger charge is -2.07. The van der Waals surface area contributed by atoms with Crippen molar-refractivity contribution < 1.29 is 19.0 Å². The van der Waals surface area contributed by atoms with Crippen molar-refractivity contribution in [3.63, 3.8) is 0 Å². The van der Waals surface area contributed by atoms with Gasteiger partial charge in [0.2, 0.25) is 0 Å². The quantitative estimate of drug-likeness (QED) is 0.471. The molecule has 4 rings (SSSR count). The smallest absolute Gasteiger partial charge is 0.165 e. The second-order valence-corrected chi connectivity index (χ2v) is 5.75. The number of benzene rings is 3. The van der Waals surface area contributed by atoms with Crippen LogP contribution in [-0.4, -0.2) is 15.2 Å². The minimum Gasteiger partial charge on any atom is -0.505 e. The van der Waals surface area contributed by atoms with E-state index in [1.165, 1.54) is 24.3 Å². The number of hydrogen-bond donors (Lipinski definition) is 3. The number of aromatic hydroxyl groups is 2. The van der Waals surface area contributed by atoms with E-state index in [4.69, 9.17) is 0 Å². The van der Waals surface area contributed by atoms with Crippen molar-refractivity contribution in [2.24, 2.45) is 0 Å². The molecule has 0 fully saturated rings. The van der Waals surface area contributed by atoms with Crippen molar-refractivity contribution >= 4 is 10.9 Å². The van der Waals surface area contributed by atoms with Gasteiger partial charge in [-0.25, -0.2) is 8.78 Å². The van der Waals surface area contributed by atoms with Crippen LogP contribution < -0.4 is 0 Å². The Hall–Kier alpha value is -3.34. The van der Waals surface area contributed by atoms with Gasteiger partial charge in [-0.15, -0.1) is 0 Å². The zero-order chi connectivity index (χ0) is 17.6. The van der Waals surface area contributed by atoms with Crippen molar-refractivity contribution in [1.82, 2.24) is 4.98 Å². The first-order valence-electron chi connectivity index (χ1n) is 7.63. The number of aromatic nitrogens is 1. The molecule has 0 aliphatic rings. The normalized spacial score (nSPS) is 11.1. The molecule has 1 aromatic heterocycles. The third-order valence-electron chi connectivity index (χ3n) is 4.18. The van der Waals surface area contributed by atoms with Crippen LogP contribution in [0.1, 0.15) is 0 Å². The van der Waals surface area contributed by atoms with Gasteiger partial charge in [0.25, 0.3) is 0 Å². The Morgan fingerprint density at radius 3 is 2.00 bits per heavy atom. The number of hydrogen-bond acceptors (Lipinski definition) is 2. The average Bonchev–Trinajstić information content (AvgIpc) is 2.99. The highest BCUT2D eigenvalue weighted by Crippen LogP contribution is 2.40. The number of rotatable bonds is 2. The van der Waals surface area contributed by atoms with Crippen LogP contribution in [0.25, 0.3) is 33.3 Å². The largest absolute Gasteiger partial charge is 0.505 e. The van der Waals surface area contributed by atoms with Gasteiger partial charge < -0.3 is 15.2 Å². The minimum absolute atomic E-state index is 0.430. The molecule has 0 saturated carbocycles. The van der Waals surface area contributed by atoms with E-state index in [9.17, 15) is 19.0 Å². The van der Waals surface area contributed by atoms with Crippen LogP contribution in [0.2, 0.25) is 0 Å². The molecule has 0 atom stereocenters. The zero-order valence-electron chi connectivity index (χ0n) is 12.9. The summed E-state index contributed by atoms with van der Waals surface area (Å²) >= 11 is 0. The first kappa shape index (κ1) is 15.2. The Labute approximate surface area is 141 Å². The molecule has 0 amide bonds. The van der Waals surface area contributed by atoms with Gasteiger partial charge in [0.15, 0.2) is 23.1 Å². The molecule has 0 aliphatic carbocycles. The number of halogens is 2. The predicted molar refractivity (Wildman–Crippen MR) is 92.4 cm³/mol. The van der Waals surface area contributed by atoms with Gasteiger partial charge in [-0.2, -0.15) is 0 Å². The lowest BCUT2D eigenvalue weighted by atomic mass is 9.98. The summed E-state index contributed by atoms with van der Waals surface area (Å²) in [5.74, 6) is -2.33. The fraction of sp³-hybridized carbons (Fsp3) is 0. The monoisotopic (exact) mass is 337 g/mol. The number of H-pyrrole nitrogens is 1. The molecule has 0 aliphatic heterocycles. The Balaban J connectivity index is 2.04. The van der Waals surface area contributed by atoms with E-state index in [0.717, 1.165) is 10.9 Å². The van der Waals surface area contributed by atoms with Gasteiger partial charge in [-0.1, -0.05) is 24.3 Å². The van der Waals surface area contributed by atoms with Gasteiger partial charge in [-0.3, -0.25) is 0 Å². The van der Waals surface area contributed by atoms with Crippen molar-refractivity contribution in [2.75, 3.05) is 0 Å². The van der Waals surface area contributed by atoms with Crippen LogP contribution in [0, 0.1) is 11.6 Å². The molecule has 1 heterocycles. The molecule has 0 unspecified atom stereocenters. The molecule has 4 aromatic rings. The second kappa shape index (κ2) is 5.63. The Morgan fingerprint density at radius 1 is 0.720 bits per heavy atom. The lowest BCUT2D eigenvalue weighted by Crippen LogP contribution is -1.86. The highest BCUT2D eigenvalue weighted by atomic mass is 19.1. The molecule has 3 aromatic carbocycles. The fourth-order valence-electron chi connectivity index (χ4n) is 2.98. The third kappa shape index (κ3) is 2.50. The molecular weight excluding hydrogens is 324 g/mol.